The van der Waals surface area contributed by atoms with Gasteiger partial charge in [-0.15, -0.1) is 0 Å². The average Bonchev–Trinajstić information content (AvgIpc) is 3.27. The molecule has 2 aromatic carbocycles. The quantitative estimate of drug-likeness (QED) is 0.749. The molecule has 0 amide bonds. The van der Waals surface area contributed by atoms with Crippen LogP contribution >= 0.6 is 0 Å². The lowest BCUT2D eigenvalue weighted by molar-refractivity contribution is -0.142. The molecule has 4 nitrogen and oxygen atoms in total. The summed E-state index contributed by atoms with van der Waals surface area (Å²) in [5, 5.41) is 7.34. The Balaban J connectivity index is 1.58. The van der Waals surface area contributed by atoms with Gasteiger partial charge in [-0.3, -0.25) is 0 Å². The normalized spacial score (nSPS) is 13.3. The number of nitrogens with zero attached hydrogens (tertiary/aromatic N) is 2. The van der Waals surface area contributed by atoms with Crippen LogP contribution < -0.4 is 10.1 Å². The van der Waals surface area contributed by atoms with E-state index in [1.54, 1.807) is 36.4 Å². The molecule has 1 aliphatic rings. The molecule has 7 heteroatoms. The molecule has 0 saturated heterocycles. The van der Waals surface area contributed by atoms with E-state index in [0.717, 1.165) is 35.0 Å². The highest BCUT2D eigenvalue weighted by Gasteiger charge is 2.36. The van der Waals surface area contributed by atoms with Crippen molar-refractivity contribution in [2.75, 3.05) is 11.9 Å². The van der Waals surface area contributed by atoms with E-state index < -0.39 is 11.9 Å². The molecule has 0 fully saturated rings. The number of ether oxygens (including phenoxy) is 1. The van der Waals surface area contributed by atoms with Gasteiger partial charge in [0, 0.05) is 12.2 Å². The van der Waals surface area contributed by atoms with Crippen LogP contribution in [0, 0.1) is 0 Å². The highest BCUT2D eigenvalue weighted by atomic mass is 19.4. The van der Waals surface area contributed by atoms with Gasteiger partial charge < -0.3 is 10.1 Å². The number of benzene rings is 2. The second-order valence-electron chi connectivity index (χ2n) is 6.05. The van der Waals surface area contributed by atoms with E-state index in [-0.39, 0.29) is 12.3 Å². The van der Waals surface area contributed by atoms with Gasteiger partial charge in [0.05, 0.1) is 5.69 Å². The number of hydrogen-bond donors (Lipinski definition) is 1. The lowest BCUT2D eigenvalue weighted by Crippen LogP contribution is -2.13. The van der Waals surface area contributed by atoms with Gasteiger partial charge in [-0.1, -0.05) is 18.2 Å². The van der Waals surface area contributed by atoms with Crippen molar-refractivity contribution in [1.82, 2.24) is 9.78 Å². The predicted octanol–water partition coefficient (Wildman–Crippen LogP) is 4.44. The topological polar surface area (TPSA) is 39.1 Å². The summed E-state index contributed by atoms with van der Waals surface area (Å²) in [6.07, 6.45) is -3.59. The summed E-state index contributed by atoms with van der Waals surface area (Å²) in [6, 6.07) is 14.9. The molecule has 0 aliphatic carbocycles. The Morgan fingerprint density at radius 3 is 2.65 bits per heavy atom. The van der Waals surface area contributed by atoms with E-state index >= 15 is 0 Å². The molecule has 1 N–H and O–H groups in total. The Bertz CT molecular complexity index is 920. The van der Waals surface area contributed by atoms with E-state index in [9.17, 15) is 13.2 Å². The zero-order chi connectivity index (χ0) is 18.1. The van der Waals surface area contributed by atoms with Crippen LogP contribution in [0.1, 0.15) is 17.0 Å². The summed E-state index contributed by atoms with van der Waals surface area (Å²) in [7, 11) is 0. The molecule has 4 rings (SSSR count). The number of anilines is 1. The fraction of sp³-hybridized carbons (Fsp3) is 0.211. The average molecular weight is 359 g/mol. The standard InChI is InChI=1S/C19H16F3N3O/c20-19(21,22)18-11-14(24-25(18)15-4-2-1-3-5-15)12-26-16-6-7-17-13(10-16)8-9-23-17/h1-7,10-11,23H,8-9,12H2. The third-order valence-corrected chi connectivity index (χ3v) is 4.22. The molecule has 0 atom stereocenters. The van der Waals surface area contributed by atoms with Crippen molar-refractivity contribution in [3.63, 3.8) is 0 Å². The lowest BCUT2D eigenvalue weighted by Gasteiger charge is -2.09. The second kappa shape index (κ2) is 6.40. The van der Waals surface area contributed by atoms with Crippen LogP contribution in [0.2, 0.25) is 0 Å². The number of aromatic nitrogens is 2. The Morgan fingerprint density at radius 1 is 1.08 bits per heavy atom. The molecule has 3 aromatic rings. The first-order valence-corrected chi connectivity index (χ1v) is 8.22. The number of para-hydroxylation sites is 1. The Kier molecular flexibility index (Phi) is 4.06. The highest BCUT2D eigenvalue weighted by Crippen LogP contribution is 2.32. The molecule has 26 heavy (non-hydrogen) atoms. The van der Waals surface area contributed by atoms with Crippen molar-refractivity contribution in [3.8, 4) is 11.4 Å². The third kappa shape index (κ3) is 3.24. The molecule has 0 bridgehead atoms. The largest absolute Gasteiger partial charge is 0.487 e. The summed E-state index contributed by atoms with van der Waals surface area (Å²) >= 11 is 0. The van der Waals surface area contributed by atoms with E-state index in [1.807, 2.05) is 12.1 Å². The lowest BCUT2D eigenvalue weighted by atomic mass is 10.1. The fourth-order valence-electron chi connectivity index (χ4n) is 3.00. The van der Waals surface area contributed by atoms with Crippen molar-refractivity contribution in [3.05, 3.63) is 71.5 Å². The highest BCUT2D eigenvalue weighted by molar-refractivity contribution is 5.57. The van der Waals surface area contributed by atoms with Crippen LogP contribution in [-0.2, 0) is 19.2 Å². The van der Waals surface area contributed by atoms with Crippen molar-refractivity contribution >= 4 is 5.69 Å². The van der Waals surface area contributed by atoms with Crippen LogP contribution in [-0.4, -0.2) is 16.3 Å². The van der Waals surface area contributed by atoms with Crippen molar-refractivity contribution in [1.29, 1.82) is 0 Å². The van der Waals surface area contributed by atoms with Crippen LogP contribution in [0.15, 0.2) is 54.6 Å². The van der Waals surface area contributed by atoms with Gasteiger partial charge in [0.15, 0.2) is 0 Å². The molecule has 1 aromatic heterocycles. The number of fused-ring (bicyclic) bond motifs is 1. The number of alkyl halides is 3. The molecule has 0 radical (unpaired) electrons. The summed E-state index contributed by atoms with van der Waals surface area (Å²) in [6.45, 7) is 0.852. The smallest absolute Gasteiger partial charge is 0.433 e. The van der Waals surface area contributed by atoms with Gasteiger partial charge in [-0.25, -0.2) is 4.68 Å². The summed E-state index contributed by atoms with van der Waals surface area (Å²) in [5.74, 6) is 0.621. The van der Waals surface area contributed by atoms with E-state index in [1.165, 1.54) is 0 Å². The van der Waals surface area contributed by atoms with Gasteiger partial charge in [-0.05, 0) is 48.4 Å². The van der Waals surface area contributed by atoms with Gasteiger partial charge in [0.2, 0.25) is 0 Å². The molecule has 134 valence electrons. The maximum absolute atomic E-state index is 13.4. The molecule has 0 spiro atoms. The second-order valence-corrected chi connectivity index (χ2v) is 6.05. The number of nitrogens with one attached hydrogen (secondary N) is 1. The minimum absolute atomic E-state index is 0.0326. The van der Waals surface area contributed by atoms with Crippen LogP contribution in [0.25, 0.3) is 5.69 Å². The minimum Gasteiger partial charge on any atom is -0.487 e. The summed E-state index contributed by atoms with van der Waals surface area (Å²) in [4.78, 5) is 0. The van der Waals surface area contributed by atoms with E-state index in [2.05, 4.69) is 10.4 Å². The maximum Gasteiger partial charge on any atom is 0.433 e. The van der Waals surface area contributed by atoms with Gasteiger partial charge in [0.1, 0.15) is 23.7 Å². The minimum atomic E-state index is -4.50. The molecule has 2 heterocycles. The van der Waals surface area contributed by atoms with Gasteiger partial charge in [-0.2, -0.15) is 18.3 Å². The number of rotatable bonds is 4. The van der Waals surface area contributed by atoms with E-state index in [0.29, 0.717) is 11.4 Å². The number of hydrogen-bond acceptors (Lipinski definition) is 3. The predicted molar refractivity (Wildman–Crippen MR) is 91.5 cm³/mol. The van der Waals surface area contributed by atoms with Crippen molar-refractivity contribution in [2.45, 2.75) is 19.2 Å². The SMILES string of the molecule is FC(F)(F)c1cc(COc2ccc3c(c2)CCN3)nn1-c1ccccc1. The molecule has 0 unspecified atom stereocenters. The maximum atomic E-state index is 13.4. The monoisotopic (exact) mass is 359 g/mol. The molecule has 0 saturated carbocycles. The third-order valence-electron chi connectivity index (χ3n) is 4.22. The first-order chi connectivity index (χ1) is 12.5. The van der Waals surface area contributed by atoms with Crippen LogP contribution in [0.4, 0.5) is 18.9 Å². The van der Waals surface area contributed by atoms with Crippen LogP contribution in [0.3, 0.4) is 0 Å². The summed E-state index contributed by atoms with van der Waals surface area (Å²) < 4.78 is 46.6. The molecular weight excluding hydrogens is 343 g/mol. The zero-order valence-electron chi connectivity index (χ0n) is 13.8. The van der Waals surface area contributed by atoms with Crippen LogP contribution in [0.5, 0.6) is 5.75 Å². The van der Waals surface area contributed by atoms with Gasteiger partial charge in [0.25, 0.3) is 0 Å². The first-order valence-electron chi connectivity index (χ1n) is 8.22. The molecular formula is C19H16F3N3O. The fourth-order valence-corrected chi connectivity index (χ4v) is 3.00. The summed E-state index contributed by atoms with van der Waals surface area (Å²) in [5.41, 5.74) is 1.98. The van der Waals surface area contributed by atoms with Gasteiger partial charge >= 0.3 is 6.18 Å². The zero-order valence-corrected chi connectivity index (χ0v) is 13.8. The Morgan fingerprint density at radius 2 is 1.88 bits per heavy atom. The molecule has 1 aliphatic heterocycles. The van der Waals surface area contributed by atoms with Crippen molar-refractivity contribution < 1.29 is 17.9 Å². The number of halogens is 3. The Hall–Kier alpha value is -2.96. The van der Waals surface area contributed by atoms with E-state index in [4.69, 9.17) is 4.74 Å². The Labute approximate surface area is 148 Å². The van der Waals surface area contributed by atoms with Crippen molar-refractivity contribution in [2.24, 2.45) is 0 Å². The first kappa shape index (κ1) is 16.5.